The smallest absolute Gasteiger partial charge is 0.311 e. The number of fused-ring (bicyclic) bond motifs is 1. The minimum atomic E-state index is -1.80. The Hall–Kier alpha value is -3.91. The topological polar surface area (TPSA) is 212 Å². The molecule has 13 heteroatoms. The van der Waals surface area contributed by atoms with Crippen molar-refractivity contribution in [3.05, 3.63) is 47.5 Å². The summed E-state index contributed by atoms with van der Waals surface area (Å²) in [7, 11) is 0. The van der Waals surface area contributed by atoms with E-state index in [1.165, 1.54) is 18.2 Å². The first-order valence-electron chi connectivity index (χ1n) is 11.1. The molecule has 2 aromatic rings. The summed E-state index contributed by atoms with van der Waals surface area (Å²) in [5.41, 5.74) is 0.516. The van der Waals surface area contributed by atoms with Gasteiger partial charge in [0.1, 0.15) is 65.7 Å². The number of Topliss-reactive ketones (excluding diaryl/α,β-unsaturated/α-hetero) is 1. The Bertz CT molecular complexity index is 1180. The molecule has 0 unspecified atom stereocenters. The third kappa shape index (κ3) is 5.75. The first kappa shape index (κ1) is 26.2. The first-order valence-corrected chi connectivity index (χ1v) is 11.1. The molecule has 0 amide bonds. The Morgan fingerprint density at radius 2 is 1.73 bits per heavy atom. The standard InChI is InChI=1S/C24H24O13/c25-11-3-1-10(2-4-11)15-7-14(27)20-13(26)5-12(6-16(20)36-15)35-24-23(33)22(32)21(31)17(37-24)9-34-19(30)8-18(28)29/h1-6,15,17,21-26,31-33H,7-9H2,(H,28,29)/p-1/t15-,17+,21+,22-,23+,24+/m0/s1. The predicted molar refractivity (Wildman–Crippen MR) is 116 cm³/mol. The van der Waals surface area contributed by atoms with Gasteiger partial charge in [-0.2, -0.15) is 0 Å². The number of phenolic OH excluding ortho intramolecular Hbond substituents is 2. The highest BCUT2D eigenvalue weighted by molar-refractivity contribution is 6.02. The van der Waals surface area contributed by atoms with Crippen molar-refractivity contribution in [1.82, 2.24) is 0 Å². The molecule has 1 saturated heterocycles. The lowest BCUT2D eigenvalue weighted by Crippen LogP contribution is -2.60. The maximum absolute atomic E-state index is 12.7. The molecule has 2 aliphatic heterocycles. The summed E-state index contributed by atoms with van der Waals surface area (Å²) in [6.45, 7) is -0.668. The van der Waals surface area contributed by atoms with Crippen LogP contribution in [-0.2, 0) is 19.1 Å². The second-order valence-electron chi connectivity index (χ2n) is 8.51. The van der Waals surface area contributed by atoms with Crippen molar-refractivity contribution >= 4 is 17.7 Å². The van der Waals surface area contributed by atoms with Gasteiger partial charge in [-0.15, -0.1) is 0 Å². The summed E-state index contributed by atoms with van der Waals surface area (Å²) < 4.78 is 21.5. The minimum absolute atomic E-state index is 0.0250. The first-order chi connectivity index (χ1) is 17.5. The van der Waals surface area contributed by atoms with Crippen LogP contribution in [0.2, 0.25) is 0 Å². The highest BCUT2D eigenvalue weighted by atomic mass is 16.7. The van der Waals surface area contributed by atoms with Crippen molar-refractivity contribution in [3.8, 4) is 23.0 Å². The summed E-state index contributed by atoms with van der Waals surface area (Å²) in [5.74, 6) is -3.84. The normalized spacial score (nSPS) is 27.1. The van der Waals surface area contributed by atoms with E-state index in [2.05, 4.69) is 0 Å². The molecule has 0 radical (unpaired) electrons. The Balaban J connectivity index is 1.51. The van der Waals surface area contributed by atoms with Crippen LogP contribution in [0.25, 0.3) is 0 Å². The van der Waals surface area contributed by atoms with E-state index in [1.54, 1.807) is 12.1 Å². The van der Waals surface area contributed by atoms with Gasteiger partial charge >= 0.3 is 5.97 Å². The third-order valence-corrected chi connectivity index (χ3v) is 5.86. The van der Waals surface area contributed by atoms with Gasteiger partial charge in [0.05, 0.1) is 18.8 Å². The lowest BCUT2D eigenvalue weighted by molar-refractivity contribution is -0.305. The van der Waals surface area contributed by atoms with E-state index >= 15 is 0 Å². The van der Waals surface area contributed by atoms with Gasteiger partial charge in [-0.25, -0.2) is 0 Å². The van der Waals surface area contributed by atoms with Crippen LogP contribution in [0.3, 0.4) is 0 Å². The zero-order valence-electron chi connectivity index (χ0n) is 19.1. The van der Waals surface area contributed by atoms with Gasteiger partial charge in [-0.3, -0.25) is 9.59 Å². The van der Waals surface area contributed by atoms with Crippen molar-refractivity contribution in [2.24, 2.45) is 0 Å². The largest absolute Gasteiger partial charge is 0.550 e. The molecule has 2 aromatic carbocycles. The van der Waals surface area contributed by atoms with Gasteiger partial charge in [0.2, 0.25) is 6.29 Å². The van der Waals surface area contributed by atoms with E-state index < -0.39 is 73.3 Å². The number of hydrogen-bond donors (Lipinski definition) is 5. The van der Waals surface area contributed by atoms with Crippen LogP contribution in [-0.4, -0.2) is 80.6 Å². The monoisotopic (exact) mass is 519 g/mol. The van der Waals surface area contributed by atoms with Crippen molar-refractivity contribution in [2.45, 2.75) is 49.7 Å². The number of carboxylic acid groups (broad SMARTS) is 1. The predicted octanol–water partition coefficient (Wildman–Crippen LogP) is -1.33. The number of hydrogen-bond acceptors (Lipinski definition) is 13. The lowest BCUT2D eigenvalue weighted by atomic mass is 9.95. The molecule has 5 N–H and O–H groups in total. The van der Waals surface area contributed by atoms with Gasteiger partial charge in [0.15, 0.2) is 5.78 Å². The summed E-state index contributed by atoms with van der Waals surface area (Å²) in [6, 6.07) is 8.37. The Morgan fingerprint density at radius 1 is 1.03 bits per heavy atom. The fourth-order valence-electron chi connectivity index (χ4n) is 3.99. The molecule has 2 aliphatic rings. The van der Waals surface area contributed by atoms with Crippen molar-refractivity contribution in [2.75, 3.05) is 6.61 Å². The van der Waals surface area contributed by atoms with Gasteiger partial charge in [-0.05, 0) is 17.7 Å². The molecule has 0 bridgehead atoms. The van der Waals surface area contributed by atoms with Gasteiger partial charge in [0.25, 0.3) is 0 Å². The number of benzene rings is 2. The Labute approximate surface area is 209 Å². The van der Waals surface area contributed by atoms with E-state index in [9.17, 15) is 45.0 Å². The SMILES string of the molecule is O=C([O-])CC(=O)OC[C@H]1O[C@@H](Oc2cc(O)c3c(c2)O[C@H](c2ccc(O)cc2)CC3=O)[C@H](O)[C@@H](O)[C@@H]1O. The molecule has 2 heterocycles. The molecule has 4 rings (SSSR count). The molecule has 198 valence electrons. The molecule has 0 spiro atoms. The van der Waals surface area contributed by atoms with Crippen LogP contribution in [0.1, 0.15) is 34.9 Å². The molecule has 37 heavy (non-hydrogen) atoms. The maximum atomic E-state index is 12.7. The number of esters is 1. The van der Waals surface area contributed by atoms with Crippen molar-refractivity contribution in [3.63, 3.8) is 0 Å². The molecule has 0 saturated carbocycles. The molecule has 0 aliphatic carbocycles. The number of rotatable bonds is 7. The average molecular weight is 519 g/mol. The molecule has 6 atom stereocenters. The molecular formula is C24H23O13-. The highest BCUT2D eigenvalue weighted by Gasteiger charge is 2.45. The van der Waals surface area contributed by atoms with Crippen molar-refractivity contribution < 1.29 is 64.0 Å². The lowest BCUT2D eigenvalue weighted by Gasteiger charge is -2.40. The summed E-state index contributed by atoms with van der Waals surface area (Å²) in [5, 5.41) is 61.1. The number of aliphatic hydroxyl groups is 3. The number of carboxylic acids is 1. The van der Waals surface area contributed by atoms with Crippen molar-refractivity contribution in [1.29, 1.82) is 0 Å². The number of ether oxygens (including phenoxy) is 4. The number of carbonyl (C=O) groups excluding carboxylic acids is 3. The average Bonchev–Trinajstić information content (AvgIpc) is 2.83. The number of aromatic hydroxyl groups is 2. The summed E-state index contributed by atoms with van der Waals surface area (Å²) in [6.07, 6.45) is -10.2. The van der Waals surface area contributed by atoms with Crippen LogP contribution < -0.4 is 14.6 Å². The maximum Gasteiger partial charge on any atom is 0.311 e. The van der Waals surface area contributed by atoms with Gasteiger partial charge < -0.3 is 54.4 Å². The van der Waals surface area contributed by atoms with E-state index in [1.807, 2.05) is 0 Å². The zero-order valence-corrected chi connectivity index (χ0v) is 19.1. The Kier molecular flexibility index (Phi) is 7.50. The second-order valence-corrected chi connectivity index (χ2v) is 8.51. The van der Waals surface area contributed by atoms with Crippen LogP contribution in [0.15, 0.2) is 36.4 Å². The van der Waals surface area contributed by atoms with Crippen LogP contribution in [0, 0.1) is 0 Å². The van der Waals surface area contributed by atoms with E-state index in [0.29, 0.717) is 5.56 Å². The van der Waals surface area contributed by atoms with Gasteiger partial charge in [0, 0.05) is 12.1 Å². The van der Waals surface area contributed by atoms with Crippen LogP contribution >= 0.6 is 0 Å². The summed E-state index contributed by atoms with van der Waals surface area (Å²) >= 11 is 0. The van der Waals surface area contributed by atoms with E-state index in [-0.39, 0.29) is 29.2 Å². The zero-order chi connectivity index (χ0) is 26.9. The number of aliphatic hydroxyl groups excluding tert-OH is 3. The Morgan fingerprint density at radius 3 is 2.41 bits per heavy atom. The highest BCUT2D eigenvalue weighted by Crippen LogP contribution is 2.42. The molecule has 1 fully saturated rings. The summed E-state index contributed by atoms with van der Waals surface area (Å²) in [4.78, 5) is 34.6. The van der Waals surface area contributed by atoms with E-state index in [4.69, 9.17) is 18.9 Å². The number of ketones is 1. The van der Waals surface area contributed by atoms with Crippen LogP contribution in [0.4, 0.5) is 0 Å². The number of carbonyl (C=O) groups is 3. The second kappa shape index (κ2) is 10.6. The quantitative estimate of drug-likeness (QED) is 0.212. The number of aliphatic carboxylic acids is 1. The minimum Gasteiger partial charge on any atom is -0.550 e. The van der Waals surface area contributed by atoms with E-state index in [0.717, 1.165) is 6.07 Å². The molecular weight excluding hydrogens is 496 g/mol. The fraction of sp³-hybridized carbons (Fsp3) is 0.375. The van der Waals surface area contributed by atoms with Gasteiger partial charge in [-0.1, -0.05) is 12.1 Å². The molecule has 0 aromatic heterocycles. The number of phenols is 2. The third-order valence-electron chi connectivity index (χ3n) is 5.86. The fourth-order valence-corrected chi connectivity index (χ4v) is 3.99. The molecule has 13 nitrogen and oxygen atoms in total. The van der Waals surface area contributed by atoms with Crippen LogP contribution in [0.5, 0.6) is 23.0 Å².